The van der Waals surface area contributed by atoms with Crippen molar-refractivity contribution in [3.05, 3.63) is 245 Å². The third-order valence-electron chi connectivity index (χ3n) is 18.9. The molecule has 0 saturated carbocycles. The van der Waals surface area contributed by atoms with Crippen LogP contribution in [0.5, 0.6) is 0 Å². The number of halogens is 3. The predicted octanol–water partition coefficient (Wildman–Crippen LogP) is 30.7. The van der Waals surface area contributed by atoms with Crippen LogP contribution in [0.4, 0.5) is 13.2 Å². The SMILES string of the molecule is Cc1ccc(C(C)(C)C)cc1C(C)(C)C.Cc1ccc(C(C)C)cc1C(C)(C)C.Cc1ccc(C)c(C(C)(C)C)c1.Cc1ccc(CC(C)(C)C(F)(F)F)cc1C(C)(C)C.Cc1ccc(CC(C)(C)C)cc1C(C)(C)C.Cc1ccc(CC(C)C)cc1C(C)(C)C.Cc1ccccc1C(C)(C)C. The lowest BCUT2D eigenvalue weighted by atomic mass is 9.79. The van der Waals surface area contributed by atoms with E-state index in [-0.39, 0.29) is 49.7 Å². The quantitative estimate of drug-likeness (QED) is 0.156. The maximum Gasteiger partial charge on any atom is 0.394 e. The van der Waals surface area contributed by atoms with Crippen LogP contribution < -0.4 is 0 Å². The minimum absolute atomic E-state index is 0.0138. The Labute approximate surface area is 629 Å². The van der Waals surface area contributed by atoms with Gasteiger partial charge in [0.15, 0.2) is 0 Å². The zero-order valence-corrected chi connectivity index (χ0v) is 73.6. The van der Waals surface area contributed by atoms with Crippen molar-refractivity contribution in [1.29, 1.82) is 0 Å². The molecule has 7 aromatic rings. The van der Waals surface area contributed by atoms with Gasteiger partial charge in [-0.2, -0.15) is 13.2 Å². The molecule has 0 aliphatic heterocycles. The molecular weight excluding hydrogens is 1250 g/mol. The van der Waals surface area contributed by atoms with Crippen LogP contribution in [0, 0.1) is 72.1 Å². The maximum absolute atomic E-state index is 12.9. The molecule has 0 unspecified atom stereocenters. The number of aryl methyl sites for hydroxylation is 8. The Morgan fingerprint density at radius 3 is 0.882 bits per heavy atom. The first-order chi connectivity index (χ1) is 45.6. The lowest BCUT2D eigenvalue weighted by Crippen LogP contribution is -2.34. The summed E-state index contributed by atoms with van der Waals surface area (Å²) >= 11 is 0. The van der Waals surface area contributed by atoms with Crippen molar-refractivity contribution < 1.29 is 13.2 Å². The fourth-order valence-corrected chi connectivity index (χ4v) is 13.1. The average Bonchev–Trinajstić information content (AvgIpc) is 0.827. The predicted molar refractivity (Wildman–Crippen MR) is 452 cm³/mol. The van der Waals surface area contributed by atoms with Gasteiger partial charge in [-0.3, -0.25) is 0 Å². The van der Waals surface area contributed by atoms with Crippen molar-refractivity contribution in [3.63, 3.8) is 0 Å². The van der Waals surface area contributed by atoms with Crippen molar-refractivity contribution >= 4 is 0 Å². The van der Waals surface area contributed by atoms with Gasteiger partial charge >= 0.3 is 6.18 Å². The standard InChI is InChI=1S/C16H23F3.C16H26.2C15H24.C14H22.C12H18.C11H16/c1-11-7-8-12(9-13(11)14(2,3)4)10-15(5,6)16(17,18)19;1-12-8-9-13(11-15(2,3)4)10-14(12)16(5,6)7;1-11-8-9-12(14(2,3)4)10-13(11)15(5,6)7;1-11(2)9-13-8-7-12(3)14(10-13)15(4,5)6;1-10(2)12-8-7-11(3)13(9-12)14(4,5)6;1-9-6-7-10(2)11(8-9)12(3,4)5;1-9-7-5-6-8-10(9)11(2,3)4/h7-9H,10H2,1-6H3;8-10H,11H2,1-7H3;8-10H,1-7H3;7-8,10-11H,9H2,1-6H3;7-10H,1-6H3;6-8H,1-5H3;5-8H,1-4H3. The molecule has 3 heteroatoms. The van der Waals surface area contributed by atoms with E-state index in [1.165, 1.54) is 115 Å². The van der Waals surface area contributed by atoms with Crippen molar-refractivity contribution in [1.82, 2.24) is 0 Å². The van der Waals surface area contributed by atoms with Crippen LogP contribution in [0.25, 0.3) is 0 Å². The van der Waals surface area contributed by atoms with E-state index in [2.05, 4.69) is 378 Å². The Hall–Kier alpha value is -5.67. The van der Waals surface area contributed by atoms with Gasteiger partial charge in [-0.15, -0.1) is 0 Å². The van der Waals surface area contributed by atoms with Crippen LogP contribution >= 0.6 is 0 Å². The van der Waals surface area contributed by atoms with E-state index in [4.69, 9.17) is 0 Å². The highest BCUT2D eigenvalue weighted by molar-refractivity contribution is 5.42. The number of alkyl halides is 3. The molecule has 0 aliphatic rings. The molecule has 0 nitrogen and oxygen atoms in total. The molecule has 0 aliphatic carbocycles. The first-order valence-electron chi connectivity index (χ1n) is 38.3. The van der Waals surface area contributed by atoms with Gasteiger partial charge in [0.05, 0.1) is 5.41 Å². The third-order valence-corrected chi connectivity index (χ3v) is 18.9. The minimum Gasteiger partial charge on any atom is -0.171 e. The molecule has 0 atom stereocenters. The van der Waals surface area contributed by atoms with E-state index in [9.17, 15) is 13.2 Å². The molecule has 0 saturated heterocycles. The molecule has 7 aromatic carbocycles. The van der Waals surface area contributed by atoms with Crippen molar-refractivity contribution in [3.8, 4) is 0 Å². The number of rotatable bonds is 6. The van der Waals surface area contributed by atoms with Gasteiger partial charge in [0.25, 0.3) is 0 Å². The minimum atomic E-state index is -4.18. The van der Waals surface area contributed by atoms with E-state index in [0.29, 0.717) is 11.3 Å². The second-order valence-electron chi connectivity index (χ2n) is 40.7. The molecule has 0 N–H and O–H groups in total. The average molecular weight is 1400 g/mol. The van der Waals surface area contributed by atoms with Crippen molar-refractivity contribution in [2.24, 2.45) is 16.7 Å². The summed E-state index contributed by atoms with van der Waals surface area (Å²) in [5, 5.41) is 0. The van der Waals surface area contributed by atoms with E-state index in [1.807, 2.05) is 19.1 Å². The number of hydrogen-bond acceptors (Lipinski definition) is 0. The second-order valence-corrected chi connectivity index (χ2v) is 40.7. The van der Waals surface area contributed by atoms with Gasteiger partial charge in [-0.1, -0.05) is 368 Å². The molecule has 0 radical (unpaired) electrons. The van der Waals surface area contributed by atoms with Crippen LogP contribution in [0.15, 0.2) is 133 Å². The van der Waals surface area contributed by atoms with Gasteiger partial charge < -0.3 is 0 Å². The summed E-state index contributed by atoms with van der Waals surface area (Å²) in [5.74, 6) is 1.36. The third kappa shape index (κ3) is 32.8. The highest BCUT2D eigenvalue weighted by Crippen LogP contribution is 2.42. The van der Waals surface area contributed by atoms with Gasteiger partial charge in [-0.25, -0.2) is 0 Å². The zero-order chi connectivity index (χ0) is 79.9. The summed E-state index contributed by atoms with van der Waals surface area (Å²) in [6.07, 6.45) is -1.83. The summed E-state index contributed by atoms with van der Waals surface area (Å²) < 4.78 is 38.8. The van der Waals surface area contributed by atoms with Gasteiger partial charge in [0.1, 0.15) is 0 Å². The fourth-order valence-electron chi connectivity index (χ4n) is 13.1. The highest BCUT2D eigenvalue weighted by Gasteiger charge is 2.47. The smallest absolute Gasteiger partial charge is 0.171 e. The molecule has 0 bridgehead atoms. The van der Waals surface area contributed by atoms with Crippen LogP contribution in [-0.4, -0.2) is 6.18 Å². The highest BCUT2D eigenvalue weighted by atomic mass is 19.4. The number of hydrogen-bond donors (Lipinski definition) is 0. The molecule has 7 rings (SSSR count). The van der Waals surface area contributed by atoms with E-state index in [0.717, 1.165) is 29.0 Å². The van der Waals surface area contributed by atoms with Gasteiger partial charge in [0.2, 0.25) is 0 Å². The topological polar surface area (TPSA) is 0 Å². The van der Waals surface area contributed by atoms with Crippen LogP contribution in [0.2, 0.25) is 0 Å². The molecule has 570 valence electrons. The van der Waals surface area contributed by atoms with Crippen molar-refractivity contribution in [2.75, 3.05) is 0 Å². The van der Waals surface area contributed by atoms with E-state index >= 15 is 0 Å². The van der Waals surface area contributed by atoms with E-state index in [1.54, 1.807) is 6.07 Å². The molecule has 0 heterocycles. The lowest BCUT2D eigenvalue weighted by molar-refractivity contribution is -0.211. The second kappa shape index (κ2) is 37.0. The molecule has 0 amide bonds. The first kappa shape index (κ1) is 94.3. The Balaban J connectivity index is 0.000000598. The van der Waals surface area contributed by atoms with Crippen LogP contribution in [0.3, 0.4) is 0 Å². The molecule has 0 fully saturated rings. The molecular formula is C99H153F3. The summed E-state index contributed by atoms with van der Waals surface area (Å²) in [7, 11) is 0. The van der Waals surface area contributed by atoms with Gasteiger partial charge in [0, 0.05) is 0 Å². The summed E-state index contributed by atoms with van der Waals surface area (Å²) in [6, 6.07) is 48.4. The molecule has 0 aromatic heterocycles. The summed E-state index contributed by atoms with van der Waals surface area (Å²) in [4.78, 5) is 0. The zero-order valence-electron chi connectivity index (χ0n) is 73.6. The van der Waals surface area contributed by atoms with Crippen LogP contribution in [0.1, 0.15) is 346 Å². The number of benzene rings is 7. The lowest BCUT2D eigenvalue weighted by Gasteiger charge is -2.29. The normalized spacial score (nSPS) is 12.6. The Morgan fingerprint density at radius 1 is 0.275 bits per heavy atom. The molecule has 0 spiro atoms. The molecule has 102 heavy (non-hydrogen) atoms. The van der Waals surface area contributed by atoms with Crippen LogP contribution in [-0.2, 0) is 62.6 Å². The Morgan fingerprint density at radius 2 is 0.569 bits per heavy atom. The van der Waals surface area contributed by atoms with E-state index < -0.39 is 11.6 Å². The maximum atomic E-state index is 12.9. The summed E-state index contributed by atoms with van der Waals surface area (Å²) in [5.41, 5.74) is 27.8. The first-order valence-corrected chi connectivity index (χ1v) is 38.3. The van der Waals surface area contributed by atoms with Gasteiger partial charge in [-0.05, 0) is 241 Å². The Kier molecular flexibility index (Phi) is 34.3. The fraction of sp³-hybridized carbons (Fsp3) is 0.576. The largest absolute Gasteiger partial charge is 0.394 e. The Bertz CT molecular complexity index is 3690. The monoisotopic (exact) mass is 1400 g/mol. The summed E-state index contributed by atoms with van der Waals surface area (Å²) in [6.45, 7) is 89.7. The van der Waals surface area contributed by atoms with Crippen molar-refractivity contribution in [2.45, 2.75) is 359 Å².